The van der Waals surface area contributed by atoms with Crippen LogP contribution >= 0.6 is 0 Å². The van der Waals surface area contributed by atoms with E-state index in [1.807, 2.05) is 0 Å². The summed E-state index contributed by atoms with van der Waals surface area (Å²) >= 11 is 0. The number of methoxy groups -OCH3 is 1. The van der Waals surface area contributed by atoms with E-state index < -0.39 is 109 Å². The molecule has 0 fully saturated rings. The maximum absolute atomic E-state index is 13.8. The summed E-state index contributed by atoms with van der Waals surface area (Å²) in [4.78, 5) is 114. The van der Waals surface area contributed by atoms with Crippen molar-refractivity contribution < 1.29 is 58.1 Å². The van der Waals surface area contributed by atoms with E-state index in [1.165, 1.54) is 6.92 Å². The Bertz CT molecular complexity index is 1530. The number of aliphatic hydroxyl groups excluding tert-OH is 1. The maximum Gasteiger partial charge on any atom is 0.328 e. The van der Waals surface area contributed by atoms with Crippen LogP contribution in [-0.4, -0.2) is 145 Å². The van der Waals surface area contributed by atoms with Crippen molar-refractivity contribution in [3.8, 4) is 0 Å². The Kier molecular flexibility index (Phi) is 25.2. The Balaban J connectivity index is 6.22. The van der Waals surface area contributed by atoms with Crippen LogP contribution in [0.3, 0.4) is 0 Å². The van der Waals surface area contributed by atoms with Crippen molar-refractivity contribution in [1.29, 1.82) is 10.8 Å². The number of carboxylic acids is 1. The van der Waals surface area contributed by atoms with Gasteiger partial charge < -0.3 is 80.4 Å². The van der Waals surface area contributed by atoms with E-state index in [0.29, 0.717) is 0 Å². The largest absolute Gasteiger partial charge is 0.481 e. The number of aliphatic hydroxyl groups is 1. The molecule has 0 aliphatic heterocycles. The first-order valence-electron chi connectivity index (χ1n) is 18.9. The van der Waals surface area contributed by atoms with Crippen LogP contribution in [0, 0.1) is 16.7 Å². The van der Waals surface area contributed by atoms with Crippen LogP contribution in [0.2, 0.25) is 0 Å². The highest BCUT2D eigenvalue weighted by Crippen LogP contribution is 2.10. The standard InChI is InChI=1S/C34H62N14O12/c1-16(2)13-22(30(57)45-20(9-10-24(36)50)29(56)46-21(32(59)60-4)8-6-12-42-34(39)40)47-28(55)19(7-5-11-41-33(37)38)44-26(53)17(3)43-31(58)23(15-49)48-27(54)18(35)14-25(51)52/h16-23,49H,5-15,35H2,1-4H3,(H2,36,50)(H,43,58)(H,44,53)(H,45,57)(H,46,56)(H,47,55)(H,48,54)(H,51,52)(H4,37,38,41)(H4,39,40,42). The van der Waals surface area contributed by atoms with Gasteiger partial charge in [0.05, 0.1) is 26.2 Å². The fraction of sp³-hybridized carbons (Fsp3) is 0.676. The van der Waals surface area contributed by atoms with Crippen molar-refractivity contribution in [1.82, 2.24) is 42.5 Å². The Morgan fingerprint density at radius 3 is 1.52 bits per heavy atom. The molecule has 0 rings (SSSR count). The van der Waals surface area contributed by atoms with Crippen molar-refractivity contribution in [3.05, 3.63) is 0 Å². The zero-order valence-electron chi connectivity index (χ0n) is 34.2. The van der Waals surface area contributed by atoms with Crippen LogP contribution < -0.4 is 65.5 Å². The molecule has 0 aromatic carbocycles. The van der Waals surface area contributed by atoms with Crippen LogP contribution in [0.1, 0.15) is 72.1 Å². The van der Waals surface area contributed by atoms with E-state index in [2.05, 4.69) is 42.5 Å². The molecule has 7 amide bonds. The van der Waals surface area contributed by atoms with Crippen LogP contribution in [0.25, 0.3) is 0 Å². The smallest absolute Gasteiger partial charge is 0.328 e. The number of nitrogens with one attached hydrogen (secondary N) is 10. The molecule has 0 saturated heterocycles. The lowest BCUT2D eigenvalue weighted by atomic mass is 10.0. The van der Waals surface area contributed by atoms with Crippen molar-refractivity contribution >= 4 is 65.2 Å². The number of carboxylic acid groups (broad SMARTS) is 1. The van der Waals surface area contributed by atoms with E-state index in [-0.39, 0.29) is 75.9 Å². The molecule has 340 valence electrons. The second-order valence-electron chi connectivity index (χ2n) is 14.0. The van der Waals surface area contributed by atoms with Gasteiger partial charge in [0, 0.05) is 19.5 Å². The first-order chi connectivity index (χ1) is 28.0. The minimum absolute atomic E-state index is 0.0130. The highest BCUT2D eigenvalue weighted by molar-refractivity contribution is 5.97. The average molecular weight is 859 g/mol. The van der Waals surface area contributed by atoms with Crippen molar-refractivity contribution in [2.24, 2.45) is 28.9 Å². The molecule has 20 N–H and O–H groups in total. The fourth-order valence-corrected chi connectivity index (χ4v) is 5.22. The van der Waals surface area contributed by atoms with Crippen LogP contribution in [0.15, 0.2) is 0 Å². The molecule has 26 nitrogen and oxygen atoms in total. The van der Waals surface area contributed by atoms with Crippen LogP contribution in [0.5, 0.6) is 0 Å². The van der Waals surface area contributed by atoms with Gasteiger partial charge in [-0.05, 0) is 51.4 Å². The highest BCUT2D eigenvalue weighted by Gasteiger charge is 2.33. The summed E-state index contributed by atoms with van der Waals surface area (Å²) in [5, 5.41) is 52.7. The number of carbonyl (C=O) groups excluding carboxylic acids is 8. The monoisotopic (exact) mass is 858 g/mol. The zero-order valence-corrected chi connectivity index (χ0v) is 34.2. The summed E-state index contributed by atoms with van der Waals surface area (Å²) in [6, 6.07) is -9.89. The Hall–Kier alpha value is -6.31. The molecule has 60 heavy (non-hydrogen) atoms. The molecule has 0 radical (unpaired) electrons. The SMILES string of the molecule is COC(=O)C(CCCNC(=N)N)NC(=O)C(CCC(N)=O)NC(=O)C(CC(C)C)NC(=O)C(CCCNC(=N)N)NC(=O)C(C)NC(=O)C(CO)NC(=O)C(N)CC(=O)O. The molecule has 7 unspecified atom stereocenters. The molecule has 0 aromatic rings. The number of rotatable bonds is 29. The first kappa shape index (κ1) is 53.7. The number of carbonyl (C=O) groups is 9. The number of guanidine groups is 2. The molecule has 0 saturated carbocycles. The lowest BCUT2D eigenvalue weighted by Crippen LogP contribution is -2.60. The predicted molar refractivity (Wildman–Crippen MR) is 213 cm³/mol. The third-order valence-electron chi connectivity index (χ3n) is 8.36. The maximum atomic E-state index is 13.8. The van der Waals surface area contributed by atoms with Gasteiger partial charge >= 0.3 is 11.9 Å². The molecular formula is C34H62N14O12. The summed E-state index contributed by atoms with van der Waals surface area (Å²) < 4.78 is 4.79. The molecule has 0 bridgehead atoms. The molecule has 0 aliphatic carbocycles. The number of primary amides is 1. The van der Waals surface area contributed by atoms with Gasteiger partial charge in [0.2, 0.25) is 41.4 Å². The molecule has 26 heteroatoms. The number of ether oxygens (including phenoxy) is 1. The van der Waals surface area contributed by atoms with E-state index in [1.54, 1.807) is 13.8 Å². The normalized spacial score (nSPS) is 14.2. The van der Waals surface area contributed by atoms with E-state index >= 15 is 0 Å². The minimum Gasteiger partial charge on any atom is -0.481 e. The zero-order chi connectivity index (χ0) is 46.1. The molecule has 0 aromatic heterocycles. The summed E-state index contributed by atoms with van der Waals surface area (Å²) in [6.07, 6.45) is -1.04. The van der Waals surface area contributed by atoms with Gasteiger partial charge in [-0.3, -0.25) is 49.2 Å². The second kappa shape index (κ2) is 28.2. The molecular weight excluding hydrogens is 796 g/mol. The van der Waals surface area contributed by atoms with Crippen molar-refractivity contribution in [3.63, 3.8) is 0 Å². The topological polar surface area (TPSA) is 451 Å². The van der Waals surface area contributed by atoms with Crippen LogP contribution in [0.4, 0.5) is 0 Å². The highest BCUT2D eigenvalue weighted by atomic mass is 16.5. The summed E-state index contributed by atoms with van der Waals surface area (Å²) in [5.41, 5.74) is 21.4. The van der Waals surface area contributed by atoms with E-state index in [0.717, 1.165) is 7.11 Å². The van der Waals surface area contributed by atoms with Crippen molar-refractivity contribution in [2.45, 2.75) is 114 Å². The van der Waals surface area contributed by atoms with Gasteiger partial charge in [-0.2, -0.15) is 0 Å². The summed E-state index contributed by atoms with van der Waals surface area (Å²) in [6.45, 7) is 4.04. The van der Waals surface area contributed by atoms with E-state index in [9.17, 15) is 48.3 Å². The number of hydrogen-bond donors (Lipinski definition) is 16. The minimum atomic E-state index is -1.63. The number of nitrogens with two attached hydrogens (primary N) is 4. The Morgan fingerprint density at radius 1 is 0.617 bits per heavy atom. The third-order valence-corrected chi connectivity index (χ3v) is 8.36. The number of amides is 7. The first-order valence-corrected chi connectivity index (χ1v) is 18.9. The quantitative estimate of drug-likeness (QED) is 0.0144. The fourth-order valence-electron chi connectivity index (χ4n) is 5.22. The van der Waals surface area contributed by atoms with Crippen molar-refractivity contribution in [2.75, 3.05) is 26.8 Å². The summed E-state index contributed by atoms with van der Waals surface area (Å²) in [7, 11) is 1.10. The average Bonchev–Trinajstić information content (AvgIpc) is 3.15. The second-order valence-corrected chi connectivity index (χ2v) is 14.0. The number of esters is 1. The number of aliphatic carboxylic acids is 1. The summed E-state index contributed by atoms with van der Waals surface area (Å²) in [5.74, 6) is -9.53. The van der Waals surface area contributed by atoms with Gasteiger partial charge in [0.25, 0.3) is 0 Å². The van der Waals surface area contributed by atoms with Crippen LogP contribution in [-0.2, 0) is 47.9 Å². The molecule has 0 aliphatic rings. The Labute approximate surface area is 346 Å². The predicted octanol–water partition coefficient (Wildman–Crippen LogP) is -6.28. The lowest BCUT2D eigenvalue weighted by Gasteiger charge is -2.27. The lowest BCUT2D eigenvalue weighted by molar-refractivity contribution is -0.145. The van der Waals surface area contributed by atoms with Gasteiger partial charge in [-0.25, -0.2) is 4.79 Å². The van der Waals surface area contributed by atoms with Gasteiger partial charge in [0.15, 0.2) is 11.9 Å². The molecule has 0 heterocycles. The molecule has 0 spiro atoms. The van der Waals surface area contributed by atoms with Gasteiger partial charge in [0.1, 0.15) is 36.3 Å². The van der Waals surface area contributed by atoms with Gasteiger partial charge in [-0.15, -0.1) is 0 Å². The molecule has 7 atom stereocenters. The number of hydrogen-bond acceptors (Lipinski definition) is 14. The van der Waals surface area contributed by atoms with Gasteiger partial charge in [-0.1, -0.05) is 13.8 Å². The van der Waals surface area contributed by atoms with E-state index in [4.69, 9.17) is 43.6 Å². The Morgan fingerprint density at radius 2 is 1.05 bits per heavy atom. The third kappa shape index (κ3) is 22.6.